The first kappa shape index (κ1) is 16.4. The highest BCUT2D eigenvalue weighted by atomic mass is 32.2. The summed E-state index contributed by atoms with van der Waals surface area (Å²) in [4.78, 5) is 4.05. The average Bonchev–Trinajstić information content (AvgIpc) is 2.54. The number of rotatable bonds is 4. The molecule has 23 heavy (non-hydrogen) atoms. The monoisotopic (exact) mass is 328 g/mol. The molecule has 0 saturated heterocycles. The number of nitriles is 2. The highest BCUT2D eigenvalue weighted by Crippen LogP contribution is 2.38. The molecule has 1 aromatic heterocycles. The molecule has 0 saturated carbocycles. The van der Waals surface area contributed by atoms with Crippen molar-refractivity contribution >= 4 is 17.6 Å². The predicted octanol–water partition coefficient (Wildman–Crippen LogP) is 1.57. The van der Waals surface area contributed by atoms with Gasteiger partial charge in [0.2, 0.25) is 0 Å². The first-order chi connectivity index (χ1) is 11.0. The van der Waals surface area contributed by atoms with Gasteiger partial charge in [0.15, 0.2) is 11.5 Å². The summed E-state index contributed by atoms with van der Waals surface area (Å²) in [6.07, 6.45) is 0. The maximum absolute atomic E-state index is 9.67. The molecule has 0 aliphatic rings. The molecule has 8 heteroatoms. The van der Waals surface area contributed by atoms with Crippen LogP contribution < -0.4 is 5.73 Å². The number of aliphatic hydroxyl groups is 1. The van der Waals surface area contributed by atoms with E-state index in [2.05, 4.69) is 4.98 Å². The maximum Gasteiger partial charge on any atom is 0.158 e. The third-order valence-electron chi connectivity index (χ3n) is 3.01. The highest BCUT2D eigenvalue weighted by Gasteiger charge is 2.21. The molecule has 7 nitrogen and oxygen atoms in total. The van der Waals surface area contributed by atoms with Gasteiger partial charge in [0.1, 0.15) is 28.5 Å². The van der Waals surface area contributed by atoms with Crippen molar-refractivity contribution in [1.29, 1.82) is 10.5 Å². The van der Waals surface area contributed by atoms with Gasteiger partial charge < -0.3 is 21.1 Å². The predicted molar refractivity (Wildman–Crippen MR) is 84.7 cm³/mol. The number of hydrogen-bond acceptors (Lipinski definition) is 8. The van der Waals surface area contributed by atoms with E-state index in [1.165, 1.54) is 18.2 Å². The van der Waals surface area contributed by atoms with E-state index < -0.39 is 0 Å². The van der Waals surface area contributed by atoms with Crippen molar-refractivity contribution in [2.75, 3.05) is 18.1 Å². The summed E-state index contributed by atoms with van der Waals surface area (Å²) in [5, 5.41) is 47.1. The molecule has 0 radical (unpaired) electrons. The lowest BCUT2D eigenvalue weighted by atomic mass is 9.96. The molecular formula is C15H12N4O3S. The van der Waals surface area contributed by atoms with Crippen LogP contribution in [0.1, 0.15) is 11.1 Å². The van der Waals surface area contributed by atoms with Crippen LogP contribution in [0.3, 0.4) is 0 Å². The molecule has 2 aromatic rings. The van der Waals surface area contributed by atoms with E-state index in [4.69, 9.17) is 10.8 Å². The molecular weight excluding hydrogens is 316 g/mol. The van der Waals surface area contributed by atoms with Gasteiger partial charge in [0.25, 0.3) is 0 Å². The number of anilines is 1. The van der Waals surface area contributed by atoms with E-state index in [0.29, 0.717) is 16.3 Å². The molecule has 0 fully saturated rings. The van der Waals surface area contributed by atoms with Crippen LogP contribution in [0.4, 0.5) is 5.82 Å². The van der Waals surface area contributed by atoms with Gasteiger partial charge in [-0.2, -0.15) is 10.5 Å². The van der Waals surface area contributed by atoms with E-state index in [9.17, 15) is 20.7 Å². The second-order valence-corrected chi connectivity index (χ2v) is 5.51. The molecule has 0 aliphatic carbocycles. The lowest BCUT2D eigenvalue weighted by Crippen LogP contribution is -2.04. The lowest BCUT2D eigenvalue weighted by molar-refractivity contribution is 0.322. The highest BCUT2D eigenvalue weighted by molar-refractivity contribution is 7.99. The van der Waals surface area contributed by atoms with Crippen molar-refractivity contribution in [2.24, 2.45) is 0 Å². The van der Waals surface area contributed by atoms with Gasteiger partial charge in [-0.3, -0.25) is 0 Å². The normalized spacial score (nSPS) is 10.0. The molecule has 0 unspecified atom stereocenters. The largest absolute Gasteiger partial charge is 0.504 e. The van der Waals surface area contributed by atoms with Crippen molar-refractivity contribution < 1.29 is 15.3 Å². The fourth-order valence-corrected chi connectivity index (χ4v) is 2.75. The van der Waals surface area contributed by atoms with Gasteiger partial charge in [0, 0.05) is 11.3 Å². The summed E-state index contributed by atoms with van der Waals surface area (Å²) in [6, 6.07) is 7.87. The molecule has 0 bridgehead atoms. The fourth-order valence-electron chi connectivity index (χ4n) is 2.01. The molecule has 0 amide bonds. The van der Waals surface area contributed by atoms with Crippen LogP contribution in [-0.4, -0.2) is 32.7 Å². The summed E-state index contributed by atoms with van der Waals surface area (Å²) < 4.78 is 0. The Morgan fingerprint density at radius 3 is 2.39 bits per heavy atom. The van der Waals surface area contributed by atoms with Crippen LogP contribution in [0.2, 0.25) is 0 Å². The van der Waals surface area contributed by atoms with Crippen LogP contribution in [0, 0.1) is 22.7 Å². The summed E-state index contributed by atoms with van der Waals surface area (Å²) in [5.74, 6) is -0.430. The van der Waals surface area contributed by atoms with Crippen LogP contribution >= 0.6 is 11.8 Å². The zero-order valence-corrected chi connectivity index (χ0v) is 12.6. The number of phenols is 2. The van der Waals surface area contributed by atoms with Gasteiger partial charge >= 0.3 is 0 Å². The molecule has 1 heterocycles. The Morgan fingerprint density at radius 1 is 1.13 bits per heavy atom. The standard InChI is InChI=1S/C15H12N4O3S/c16-6-9-13(8-1-2-11(21)12(22)5-8)10(7-17)15(19-14(9)18)23-4-3-20/h1-2,5,20-22H,3-4H2,(H2,18,19). The zero-order valence-electron chi connectivity index (χ0n) is 11.8. The summed E-state index contributed by atoms with van der Waals surface area (Å²) >= 11 is 1.14. The number of aromatic hydroxyl groups is 2. The Bertz CT molecular complexity index is 840. The minimum Gasteiger partial charge on any atom is -0.504 e. The Morgan fingerprint density at radius 2 is 1.83 bits per heavy atom. The van der Waals surface area contributed by atoms with E-state index in [1.54, 1.807) is 0 Å². The van der Waals surface area contributed by atoms with Crippen LogP contribution in [0.25, 0.3) is 11.1 Å². The van der Waals surface area contributed by atoms with E-state index in [-0.39, 0.29) is 40.6 Å². The number of benzene rings is 1. The lowest BCUT2D eigenvalue weighted by Gasteiger charge is -2.13. The Labute approximate surface area is 136 Å². The average molecular weight is 328 g/mol. The molecule has 0 atom stereocenters. The van der Waals surface area contributed by atoms with Crippen LogP contribution in [0.15, 0.2) is 23.2 Å². The first-order valence-corrected chi connectivity index (χ1v) is 7.41. The van der Waals surface area contributed by atoms with Crippen molar-refractivity contribution in [2.45, 2.75) is 5.03 Å². The Balaban J connectivity index is 2.78. The second-order valence-electron chi connectivity index (χ2n) is 4.43. The SMILES string of the molecule is N#Cc1c(N)nc(SCCO)c(C#N)c1-c1ccc(O)c(O)c1. The van der Waals surface area contributed by atoms with E-state index in [1.807, 2.05) is 12.1 Å². The van der Waals surface area contributed by atoms with Crippen molar-refractivity contribution in [1.82, 2.24) is 4.98 Å². The summed E-state index contributed by atoms with van der Waals surface area (Å²) in [6.45, 7) is -0.105. The number of pyridine rings is 1. The van der Waals surface area contributed by atoms with E-state index in [0.717, 1.165) is 11.8 Å². The number of phenolic OH excluding ortho intramolecular Hbond substituents is 2. The van der Waals surface area contributed by atoms with Gasteiger partial charge in [-0.25, -0.2) is 4.98 Å². The maximum atomic E-state index is 9.67. The number of aliphatic hydroxyl groups excluding tert-OH is 1. The number of nitrogens with two attached hydrogens (primary N) is 1. The van der Waals surface area contributed by atoms with E-state index >= 15 is 0 Å². The molecule has 116 valence electrons. The number of aromatic nitrogens is 1. The minimum atomic E-state index is -0.379. The number of thioether (sulfide) groups is 1. The van der Waals surface area contributed by atoms with Gasteiger partial charge in [-0.05, 0) is 17.7 Å². The topological polar surface area (TPSA) is 147 Å². The third kappa shape index (κ3) is 3.14. The second kappa shape index (κ2) is 6.88. The molecule has 2 rings (SSSR count). The van der Waals surface area contributed by atoms with Crippen LogP contribution in [0.5, 0.6) is 11.5 Å². The van der Waals surface area contributed by atoms with Crippen molar-refractivity contribution in [3.05, 3.63) is 29.3 Å². The zero-order chi connectivity index (χ0) is 17.0. The number of nitrogen functional groups attached to an aromatic ring is 1. The third-order valence-corrected chi connectivity index (χ3v) is 3.97. The van der Waals surface area contributed by atoms with Gasteiger partial charge in [0.05, 0.1) is 12.2 Å². The summed E-state index contributed by atoms with van der Waals surface area (Å²) in [7, 11) is 0. The summed E-state index contributed by atoms with van der Waals surface area (Å²) in [5.41, 5.74) is 6.53. The Hall–Kier alpha value is -2.94. The van der Waals surface area contributed by atoms with Gasteiger partial charge in [-0.15, -0.1) is 11.8 Å². The first-order valence-electron chi connectivity index (χ1n) is 6.43. The molecule has 0 spiro atoms. The molecule has 0 aliphatic heterocycles. The van der Waals surface area contributed by atoms with Gasteiger partial charge in [-0.1, -0.05) is 6.07 Å². The van der Waals surface area contributed by atoms with Crippen molar-refractivity contribution in [3.8, 4) is 34.8 Å². The van der Waals surface area contributed by atoms with Crippen LogP contribution in [-0.2, 0) is 0 Å². The molecule has 5 N–H and O–H groups in total. The fraction of sp³-hybridized carbons (Fsp3) is 0.133. The number of nitrogens with zero attached hydrogens (tertiary/aromatic N) is 3. The smallest absolute Gasteiger partial charge is 0.158 e. The minimum absolute atomic E-state index is 0.0139. The number of hydrogen-bond donors (Lipinski definition) is 4. The Kier molecular flexibility index (Phi) is 4.91. The van der Waals surface area contributed by atoms with Crippen molar-refractivity contribution in [3.63, 3.8) is 0 Å². The quantitative estimate of drug-likeness (QED) is 0.488. The molecule has 1 aromatic carbocycles.